The molecule has 0 bridgehead atoms. The zero-order valence-corrected chi connectivity index (χ0v) is 7.37. The van der Waals surface area contributed by atoms with Crippen LogP contribution in [0.15, 0.2) is 6.07 Å². The van der Waals surface area contributed by atoms with Crippen molar-refractivity contribution < 1.29 is 4.73 Å². The normalized spacial score (nSPS) is 9.92. The molecule has 0 aliphatic heterocycles. The number of hydrogen-bond donors (Lipinski definition) is 4. The van der Waals surface area contributed by atoms with Crippen LogP contribution in [-0.4, -0.2) is 6.54 Å². The van der Waals surface area contributed by atoms with Gasteiger partial charge < -0.3 is 27.7 Å². The van der Waals surface area contributed by atoms with Crippen molar-refractivity contribution in [3.8, 4) is 0 Å². The summed E-state index contributed by atoms with van der Waals surface area (Å²) in [6.45, 7) is 2.52. The topological polar surface area (TPSA) is 117 Å². The minimum atomic E-state index is -0.00310. The Bertz CT molecular complexity index is 325. The number of rotatable bonds is 2. The van der Waals surface area contributed by atoms with E-state index in [9.17, 15) is 5.21 Å². The number of nitrogens with one attached hydrogen (secondary N) is 1. The molecule has 6 nitrogen and oxygen atoms in total. The van der Waals surface area contributed by atoms with Crippen molar-refractivity contribution in [1.82, 2.24) is 0 Å². The quantitative estimate of drug-likeness (QED) is 0.364. The van der Waals surface area contributed by atoms with Gasteiger partial charge in [0.25, 0.3) is 0 Å². The van der Waals surface area contributed by atoms with E-state index < -0.39 is 0 Å². The Morgan fingerprint density at radius 1 is 1.46 bits per heavy atom. The van der Waals surface area contributed by atoms with Crippen LogP contribution in [0.4, 0.5) is 23.0 Å². The lowest BCUT2D eigenvalue weighted by atomic mass is 10.3. The standard InChI is InChI=1S/C7H13N5O/c1-2-11-6-4(8)3-5(9)12(13)7(6)10/h3,11H,2,8-10H2,1H3. The number of pyridine rings is 1. The van der Waals surface area contributed by atoms with Crippen molar-refractivity contribution in [3.63, 3.8) is 0 Å². The maximum atomic E-state index is 11.2. The first-order valence-corrected chi connectivity index (χ1v) is 3.88. The van der Waals surface area contributed by atoms with E-state index in [0.717, 1.165) is 0 Å². The van der Waals surface area contributed by atoms with Gasteiger partial charge in [-0.2, -0.15) is 0 Å². The average Bonchev–Trinajstić information content (AvgIpc) is 2.09. The summed E-state index contributed by atoms with van der Waals surface area (Å²) in [5.41, 5.74) is 17.3. The van der Waals surface area contributed by atoms with Gasteiger partial charge in [-0.3, -0.25) is 0 Å². The lowest BCUT2D eigenvalue weighted by molar-refractivity contribution is -0.573. The van der Waals surface area contributed by atoms with Crippen molar-refractivity contribution in [2.75, 3.05) is 29.1 Å². The summed E-state index contributed by atoms with van der Waals surface area (Å²) in [4.78, 5) is 0. The number of nitrogen functional groups attached to an aromatic ring is 3. The van der Waals surface area contributed by atoms with Gasteiger partial charge >= 0.3 is 0 Å². The molecule has 0 saturated heterocycles. The number of aromatic nitrogens is 1. The van der Waals surface area contributed by atoms with Gasteiger partial charge in [-0.05, 0) is 6.92 Å². The summed E-state index contributed by atoms with van der Waals surface area (Å²) < 4.78 is 0.439. The van der Waals surface area contributed by atoms with Crippen LogP contribution >= 0.6 is 0 Å². The van der Waals surface area contributed by atoms with E-state index in [1.807, 2.05) is 6.92 Å². The largest absolute Gasteiger partial charge is 0.740 e. The number of nitrogens with zero attached hydrogens (tertiary/aromatic N) is 1. The molecule has 6 heteroatoms. The Morgan fingerprint density at radius 3 is 2.62 bits per heavy atom. The maximum absolute atomic E-state index is 11.2. The average molecular weight is 183 g/mol. The van der Waals surface area contributed by atoms with Crippen LogP contribution in [0.2, 0.25) is 0 Å². The number of hydrogen-bond acceptors (Lipinski definition) is 5. The molecule has 0 radical (unpaired) electrons. The Hall–Kier alpha value is -1.85. The third-order valence-electron chi connectivity index (χ3n) is 1.66. The molecule has 0 aromatic carbocycles. The Balaban J connectivity index is 3.26. The van der Waals surface area contributed by atoms with Gasteiger partial charge in [0.1, 0.15) is 5.69 Å². The molecule has 1 rings (SSSR count). The van der Waals surface area contributed by atoms with Gasteiger partial charge in [0.05, 0.1) is 5.69 Å². The van der Waals surface area contributed by atoms with Gasteiger partial charge in [-0.1, -0.05) is 0 Å². The van der Waals surface area contributed by atoms with E-state index in [1.165, 1.54) is 6.07 Å². The fourth-order valence-corrected chi connectivity index (χ4v) is 1.05. The molecular weight excluding hydrogens is 170 g/mol. The molecule has 1 aromatic heterocycles. The molecule has 7 N–H and O–H groups in total. The van der Waals surface area contributed by atoms with E-state index in [1.54, 1.807) is 0 Å². The highest BCUT2D eigenvalue weighted by Crippen LogP contribution is 2.23. The zero-order chi connectivity index (χ0) is 10.0. The minimum absolute atomic E-state index is 0.000602. The fourth-order valence-electron chi connectivity index (χ4n) is 1.05. The summed E-state index contributed by atoms with van der Waals surface area (Å²) in [5, 5.41) is 14.1. The van der Waals surface area contributed by atoms with Crippen LogP contribution in [0.5, 0.6) is 0 Å². The predicted molar refractivity (Wildman–Crippen MR) is 52.8 cm³/mol. The van der Waals surface area contributed by atoms with Crippen LogP contribution in [0.1, 0.15) is 6.92 Å². The SMILES string of the molecule is CCNc1c(N)cc(N)[n+]([O-])c1N. The van der Waals surface area contributed by atoms with E-state index in [2.05, 4.69) is 5.32 Å². The second kappa shape index (κ2) is 3.26. The summed E-state index contributed by atoms with van der Waals surface area (Å²) in [6, 6.07) is 1.38. The second-order valence-corrected chi connectivity index (χ2v) is 2.61. The molecule has 1 aromatic rings. The molecule has 0 fully saturated rings. The summed E-state index contributed by atoms with van der Waals surface area (Å²) in [7, 11) is 0. The third-order valence-corrected chi connectivity index (χ3v) is 1.66. The third kappa shape index (κ3) is 1.51. The number of nitrogens with two attached hydrogens (primary N) is 3. The predicted octanol–water partition coefficient (Wildman–Crippen LogP) is -0.502. The maximum Gasteiger partial charge on any atom is 0.245 e. The first-order chi connectivity index (χ1) is 6.07. The van der Waals surface area contributed by atoms with Gasteiger partial charge in [0.2, 0.25) is 11.6 Å². The van der Waals surface area contributed by atoms with Crippen LogP contribution < -0.4 is 27.2 Å². The van der Waals surface area contributed by atoms with Crippen LogP contribution in [-0.2, 0) is 0 Å². The molecule has 0 amide bonds. The highest BCUT2D eigenvalue weighted by atomic mass is 16.5. The first kappa shape index (κ1) is 9.24. The molecule has 13 heavy (non-hydrogen) atoms. The number of anilines is 4. The lowest BCUT2D eigenvalue weighted by Gasteiger charge is -2.15. The van der Waals surface area contributed by atoms with E-state index in [-0.39, 0.29) is 11.6 Å². The Morgan fingerprint density at radius 2 is 2.08 bits per heavy atom. The van der Waals surface area contributed by atoms with Crippen molar-refractivity contribution >= 4 is 23.0 Å². The fraction of sp³-hybridized carbons (Fsp3) is 0.286. The van der Waals surface area contributed by atoms with Crippen molar-refractivity contribution in [3.05, 3.63) is 11.3 Å². The zero-order valence-electron chi connectivity index (χ0n) is 7.37. The van der Waals surface area contributed by atoms with Gasteiger partial charge in [0.15, 0.2) is 0 Å². The van der Waals surface area contributed by atoms with Crippen molar-refractivity contribution in [2.24, 2.45) is 0 Å². The highest BCUT2D eigenvalue weighted by Gasteiger charge is 2.11. The monoisotopic (exact) mass is 183 g/mol. The van der Waals surface area contributed by atoms with Crippen LogP contribution in [0, 0.1) is 5.21 Å². The Kier molecular flexibility index (Phi) is 2.32. The molecule has 0 aliphatic rings. The van der Waals surface area contributed by atoms with E-state index >= 15 is 0 Å². The van der Waals surface area contributed by atoms with E-state index in [4.69, 9.17) is 17.2 Å². The molecule has 0 atom stereocenters. The van der Waals surface area contributed by atoms with Crippen LogP contribution in [0.3, 0.4) is 0 Å². The van der Waals surface area contributed by atoms with Gasteiger partial charge in [0, 0.05) is 12.6 Å². The van der Waals surface area contributed by atoms with Crippen molar-refractivity contribution in [1.29, 1.82) is 0 Å². The smallest absolute Gasteiger partial charge is 0.245 e. The molecule has 0 saturated carbocycles. The molecule has 0 spiro atoms. The van der Waals surface area contributed by atoms with Crippen LogP contribution in [0.25, 0.3) is 0 Å². The Labute approximate surface area is 75.9 Å². The van der Waals surface area contributed by atoms with E-state index in [0.29, 0.717) is 22.6 Å². The molecular formula is C7H13N5O. The first-order valence-electron chi connectivity index (χ1n) is 3.88. The summed E-state index contributed by atoms with van der Waals surface area (Å²) in [5.74, 6) is -0.00370. The van der Waals surface area contributed by atoms with Crippen molar-refractivity contribution in [2.45, 2.75) is 6.92 Å². The molecule has 72 valence electrons. The lowest BCUT2D eigenvalue weighted by Crippen LogP contribution is -2.35. The minimum Gasteiger partial charge on any atom is -0.740 e. The van der Waals surface area contributed by atoms with Gasteiger partial charge in [-0.15, -0.1) is 0 Å². The summed E-state index contributed by atoms with van der Waals surface area (Å²) >= 11 is 0. The molecule has 0 unspecified atom stereocenters. The van der Waals surface area contributed by atoms with Gasteiger partial charge in [-0.25, -0.2) is 4.73 Å². The molecule has 1 heterocycles. The second-order valence-electron chi connectivity index (χ2n) is 2.61. The molecule has 0 aliphatic carbocycles. The summed E-state index contributed by atoms with van der Waals surface area (Å²) in [6.07, 6.45) is 0. The highest BCUT2D eigenvalue weighted by molar-refractivity contribution is 5.76.